The minimum Gasteiger partial charge on any atom is -0.481 e. The molecule has 0 radical (unpaired) electrons. The number of hydrogen-bond donors (Lipinski definition) is 2. The summed E-state index contributed by atoms with van der Waals surface area (Å²) in [5.41, 5.74) is 0. The Labute approximate surface area is 97.6 Å². The lowest BCUT2D eigenvalue weighted by Crippen LogP contribution is -2.36. The number of aliphatic carboxylic acids is 1. The molecule has 8 nitrogen and oxygen atoms in total. The molecule has 0 aliphatic heterocycles. The number of carboxylic acids is 1. The van der Waals surface area contributed by atoms with Gasteiger partial charge in [0.25, 0.3) is 0 Å². The van der Waals surface area contributed by atoms with E-state index in [0.717, 1.165) is 0 Å². The maximum atomic E-state index is 11.4. The topological polar surface area (TPSA) is 106 Å². The number of amides is 1. The largest absolute Gasteiger partial charge is 0.481 e. The van der Waals surface area contributed by atoms with E-state index in [1.165, 1.54) is 18.0 Å². The third kappa shape index (κ3) is 5.07. The van der Waals surface area contributed by atoms with E-state index in [1.54, 1.807) is 6.20 Å². The minimum atomic E-state index is -0.970. The lowest BCUT2D eigenvalue weighted by Gasteiger charge is -2.13. The van der Waals surface area contributed by atoms with Crippen LogP contribution in [-0.4, -0.2) is 51.7 Å². The summed E-state index contributed by atoms with van der Waals surface area (Å²) in [5, 5.41) is 18.3. The molecule has 1 aromatic rings. The third-order valence-electron chi connectivity index (χ3n) is 2.04. The Bertz CT molecular complexity index is 365. The molecule has 0 aliphatic rings. The first-order valence-electron chi connectivity index (χ1n) is 4.97. The van der Waals surface area contributed by atoms with Gasteiger partial charge in [0, 0.05) is 19.9 Å². The van der Waals surface area contributed by atoms with Crippen LogP contribution in [0.15, 0.2) is 12.4 Å². The maximum absolute atomic E-state index is 11.4. The zero-order chi connectivity index (χ0) is 12.7. The van der Waals surface area contributed by atoms with E-state index in [4.69, 9.17) is 9.84 Å². The lowest BCUT2D eigenvalue weighted by molar-refractivity contribution is -0.140. The molecule has 0 saturated heterocycles. The van der Waals surface area contributed by atoms with Crippen LogP contribution >= 0.6 is 0 Å². The van der Waals surface area contributed by atoms with Gasteiger partial charge < -0.3 is 15.2 Å². The number of carbonyl (C=O) groups excluding carboxylic acids is 1. The van der Waals surface area contributed by atoms with Gasteiger partial charge in [-0.15, -0.1) is 5.10 Å². The first-order valence-corrected chi connectivity index (χ1v) is 4.97. The molecule has 1 heterocycles. The van der Waals surface area contributed by atoms with Gasteiger partial charge in [0.15, 0.2) is 0 Å². The third-order valence-corrected chi connectivity index (χ3v) is 2.04. The van der Waals surface area contributed by atoms with Gasteiger partial charge in [-0.3, -0.25) is 9.59 Å². The Morgan fingerprint density at radius 1 is 1.59 bits per heavy atom. The summed E-state index contributed by atoms with van der Waals surface area (Å²) in [6.07, 6.45) is 2.34. The number of methoxy groups -OCH3 is 1. The maximum Gasteiger partial charge on any atom is 0.306 e. The van der Waals surface area contributed by atoms with E-state index in [2.05, 4.69) is 15.6 Å². The van der Waals surface area contributed by atoms with Crippen molar-refractivity contribution in [1.82, 2.24) is 20.3 Å². The Kier molecular flexibility index (Phi) is 5.08. The van der Waals surface area contributed by atoms with Crippen molar-refractivity contribution in [3.63, 3.8) is 0 Å². The normalized spacial score (nSPS) is 12.1. The van der Waals surface area contributed by atoms with Crippen molar-refractivity contribution < 1.29 is 19.4 Å². The van der Waals surface area contributed by atoms with Crippen molar-refractivity contribution in [3.8, 4) is 0 Å². The molecule has 8 heteroatoms. The second-order valence-electron chi connectivity index (χ2n) is 3.36. The van der Waals surface area contributed by atoms with Gasteiger partial charge in [-0.25, -0.2) is 4.68 Å². The zero-order valence-corrected chi connectivity index (χ0v) is 9.37. The fraction of sp³-hybridized carbons (Fsp3) is 0.556. The van der Waals surface area contributed by atoms with Gasteiger partial charge >= 0.3 is 5.97 Å². The molecule has 1 unspecified atom stereocenters. The van der Waals surface area contributed by atoms with Gasteiger partial charge in [-0.2, -0.15) is 0 Å². The SMILES string of the molecule is COC(CNC(=O)Cn1ccnn1)CC(=O)O. The highest BCUT2D eigenvalue weighted by molar-refractivity contribution is 5.75. The first-order chi connectivity index (χ1) is 8.11. The molecule has 0 aliphatic carbocycles. The van der Waals surface area contributed by atoms with Gasteiger partial charge in [0.2, 0.25) is 5.91 Å². The highest BCUT2D eigenvalue weighted by atomic mass is 16.5. The lowest BCUT2D eigenvalue weighted by atomic mass is 10.2. The number of ether oxygens (including phenoxy) is 1. The average molecular weight is 242 g/mol. The smallest absolute Gasteiger partial charge is 0.306 e. The van der Waals surface area contributed by atoms with E-state index in [-0.39, 0.29) is 25.4 Å². The standard InChI is InChI=1S/C9H14N4O4/c1-17-7(4-9(15)16)5-10-8(14)6-13-3-2-11-12-13/h2-3,7H,4-6H2,1H3,(H,10,14)(H,15,16). The number of nitrogens with zero attached hydrogens (tertiary/aromatic N) is 3. The van der Waals surface area contributed by atoms with Gasteiger partial charge in [0.1, 0.15) is 6.54 Å². The number of rotatable bonds is 7. The second-order valence-corrected chi connectivity index (χ2v) is 3.36. The van der Waals surface area contributed by atoms with E-state index in [1.807, 2.05) is 0 Å². The molecular weight excluding hydrogens is 228 g/mol. The monoisotopic (exact) mass is 242 g/mol. The number of aromatic nitrogens is 3. The zero-order valence-electron chi connectivity index (χ0n) is 9.37. The van der Waals surface area contributed by atoms with Gasteiger partial charge in [-0.1, -0.05) is 5.21 Å². The molecule has 0 aromatic carbocycles. The summed E-state index contributed by atoms with van der Waals surface area (Å²) in [6.45, 7) is 0.194. The summed E-state index contributed by atoms with van der Waals surface area (Å²) in [4.78, 5) is 21.9. The van der Waals surface area contributed by atoms with Crippen LogP contribution in [0.5, 0.6) is 0 Å². The molecule has 1 atom stereocenters. The first kappa shape index (κ1) is 13.1. The Morgan fingerprint density at radius 3 is 2.88 bits per heavy atom. The quantitative estimate of drug-likeness (QED) is 0.627. The molecule has 0 fully saturated rings. The molecule has 0 spiro atoms. The fourth-order valence-electron chi connectivity index (χ4n) is 1.18. The number of carbonyl (C=O) groups is 2. The van der Waals surface area contributed by atoms with Gasteiger partial charge in [0.05, 0.1) is 18.7 Å². The molecule has 17 heavy (non-hydrogen) atoms. The summed E-state index contributed by atoms with van der Waals surface area (Å²) in [5.74, 6) is -1.25. The fourth-order valence-corrected chi connectivity index (χ4v) is 1.18. The van der Waals surface area contributed by atoms with E-state index >= 15 is 0 Å². The average Bonchev–Trinajstić information content (AvgIpc) is 2.76. The van der Waals surface area contributed by atoms with Crippen molar-refractivity contribution in [2.45, 2.75) is 19.1 Å². The van der Waals surface area contributed by atoms with Gasteiger partial charge in [-0.05, 0) is 0 Å². The molecule has 2 N–H and O–H groups in total. The Morgan fingerprint density at radius 2 is 2.35 bits per heavy atom. The summed E-state index contributed by atoms with van der Waals surface area (Å²) >= 11 is 0. The van der Waals surface area contributed by atoms with Crippen LogP contribution in [0, 0.1) is 0 Å². The molecule has 1 amide bonds. The highest BCUT2D eigenvalue weighted by Crippen LogP contribution is 1.95. The van der Waals surface area contributed by atoms with E-state index in [0.29, 0.717) is 0 Å². The summed E-state index contributed by atoms with van der Waals surface area (Å²) in [7, 11) is 1.40. The van der Waals surface area contributed by atoms with Crippen LogP contribution in [0.25, 0.3) is 0 Å². The second kappa shape index (κ2) is 6.59. The van der Waals surface area contributed by atoms with Crippen LogP contribution in [0.4, 0.5) is 0 Å². The van der Waals surface area contributed by atoms with Crippen LogP contribution in [0.1, 0.15) is 6.42 Å². The van der Waals surface area contributed by atoms with E-state index in [9.17, 15) is 9.59 Å². The molecule has 0 bridgehead atoms. The Balaban J connectivity index is 2.29. The molecular formula is C9H14N4O4. The van der Waals surface area contributed by atoms with Crippen molar-refractivity contribution in [2.24, 2.45) is 0 Å². The Hall–Kier alpha value is -1.96. The number of nitrogens with one attached hydrogen (secondary N) is 1. The summed E-state index contributed by atoms with van der Waals surface area (Å²) < 4.78 is 6.29. The summed E-state index contributed by atoms with van der Waals surface area (Å²) in [6, 6.07) is 0. The molecule has 1 rings (SSSR count). The predicted molar refractivity (Wildman–Crippen MR) is 56.1 cm³/mol. The molecule has 0 saturated carbocycles. The van der Waals surface area contributed by atoms with Crippen LogP contribution in [-0.2, 0) is 20.9 Å². The highest BCUT2D eigenvalue weighted by Gasteiger charge is 2.13. The van der Waals surface area contributed by atoms with Crippen molar-refractivity contribution >= 4 is 11.9 Å². The van der Waals surface area contributed by atoms with Crippen molar-refractivity contribution in [1.29, 1.82) is 0 Å². The molecule has 94 valence electrons. The van der Waals surface area contributed by atoms with Crippen molar-refractivity contribution in [3.05, 3.63) is 12.4 Å². The van der Waals surface area contributed by atoms with Crippen LogP contribution in [0.3, 0.4) is 0 Å². The van der Waals surface area contributed by atoms with Crippen LogP contribution < -0.4 is 5.32 Å². The predicted octanol–water partition coefficient (Wildman–Crippen LogP) is -1.12. The number of hydrogen-bond acceptors (Lipinski definition) is 5. The van der Waals surface area contributed by atoms with Crippen molar-refractivity contribution in [2.75, 3.05) is 13.7 Å². The van der Waals surface area contributed by atoms with Crippen LogP contribution in [0.2, 0.25) is 0 Å². The minimum absolute atomic E-state index is 0.0451. The molecule has 1 aromatic heterocycles. The van der Waals surface area contributed by atoms with E-state index < -0.39 is 12.1 Å². The number of carboxylic acid groups (broad SMARTS) is 1.